The second-order valence-electron chi connectivity index (χ2n) is 8.13. The third-order valence-corrected chi connectivity index (χ3v) is 6.81. The van der Waals surface area contributed by atoms with E-state index in [9.17, 15) is 18.8 Å². The van der Waals surface area contributed by atoms with Crippen molar-refractivity contribution >= 4 is 34.9 Å². The highest BCUT2D eigenvalue weighted by molar-refractivity contribution is 7.09. The molecule has 9 nitrogen and oxygen atoms in total. The van der Waals surface area contributed by atoms with Crippen molar-refractivity contribution in [2.45, 2.75) is 39.3 Å². The lowest BCUT2D eigenvalue weighted by Gasteiger charge is -2.36. The normalized spacial score (nSPS) is 18.6. The number of rotatable bonds is 3. The van der Waals surface area contributed by atoms with E-state index in [0.717, 1.165) is 0 Å². The number of hydrogen-bond acceptors (Lipinski definition) is 7. The van der Waals surface area contributed by atoms with Crippen molar-refractivity contribution < 1.29 is 18.8 Å². The molecule has 4 heterocycles. The molecular weight excluding hydrogens is 447 g/mol. The van der Waals surface area contributed by atoms with Crippen LogP contribution in [0.15, 0.2) is 24.3 Å². The highest BCUT2D eigenvalue weighted by Crippen LogP contribution is 2.39. The van der Waals surface area contributed by atoms with E-state index in [1.807, 2.05) is 11.5 Å². The number of aryl methyl sites for hydroxylation is 1. The number of piperidine rings is 1. The Bertz CT molecular complexity index is 1270. The Balaban J connectivity index is 1.58. The fourth-order valence-electron chi connectivity index (χ4n) is 4.36. The van der Waals surface area contributed by atoms with Crippen LogP contribution >= 0.6 is 11.5 Å². The van der Waals surface area contributed by atoms with Crippen molar-refractivity contribution in [2.24, 2.45) is 0 Å². The van der Waals surface area contributed by atoms with Gasteiger partial charge in [0.2, 0.25) is 5.91 Å². The molecule has 5 rings (SSSR count). The zero-order valence-corrected chi connectivity index (χ0v) is 18.9. The van der Waals surface area contributed by atoms with E-state index in [4.69, 9.17) is 4.98 Å². The van der Waals surface area contributed by atoms with Gasteiger partial charge in [-0.1, -0.05) is 0 Å². The van der Waals surface area contributed by atoms with Crippen LogP contribution in [0.5, 0.6) is 0 Å². The lowest BCUT2D eigenvalue weighted by atomic mass is 10.1. The maximum absolute atomic E-state index is 13.3. The van der Waals surface area contributed by atoms with E-state index >= 15 is 0 Å². The summed E-state index contributed by atoms with van der Waals surface area (Å²) in [5, 5.41) is 0.631. The molecule has 11 heteroatoms. The number of Topliss-reactive ketones (excluding diaryl/α,β-unsaturated/α-hetero) is 1. The summed E-state index contributed by atoms with van der Waals surface area (Å²) in [6.07, 6.45) is 0.101. The van der Waals surface area contributed by atoms with Crippen molar-refractivity contribution in [2.75, 3.05) is 18.0 Å². The Hall–Kier alpha value is -3.47. The number of carbonyl (C=O) groups excluding carboxylic acids is 3. The quantitative estimate of drug-likeness (QED) is 0.548. The predicted octanol–water partition coefficient (Wildman–Crippen LogP) is 2.76. The maximum Gasteiger partial charge on any atom is 0.254 e. The van der Waals surface area contributed by atoms with Gasteiger partial charge in [0.1, 0.15) is 17.4 Å². The number of ketones is 1. The molecule has 0 bridgehead atoms. The molecule has 2 amide bonds. The summed E-state index contributed by atoms with van der Waals surface area (Å²) in [5.74, 6) is 0.635. The van der Waals surface area contributed by atoms with Crippen LogP contribution in [-0.4, -0.2) is 54.5 Å². The number of nitrogens with zero attached hydrogens (tertiary/aromatic N) is 6. The Morgan fingerprint density at radius 3 is 2.55 bits per heavy atom. The molecule has 2 aliphatic heterocycles. The minimum Gasteiger partial charge on any atom is -0.328 e. The smallest absolute Gasteiger partial charge is 0.254 e. The van der Waals surface area contributed by atoms with E-state index < -0.39 is 11.9 Å². The van der Waals surface area contributed by atoms with Gasteiger partial charge < -0.3 is 9.47 Å². The van der Waals surface area contributed by atoms with Gasteiger partial charge in [0, 0.05) is 31.6 Å². The first-order valence-electron chi connectivity index (χ1n) is 10.6. The third-order valence-electron chi connectivity index (χ3n) is 6.01. The molecule has 1 fully saturated rings. The van der Waals surface area contributed by atoms with E-state index in [-0.39, 0.29) is 37.0 Å². The molecule has 2 aliphatic rings. The van der Waals surface area contributed by atoms with Crippen molar-refractivity contribution in [3.05, 3.63) is 47.2 Å². The predicted molar refractivity (Wildman–Crippen MR) is 118 cm³/mol. The molecule has 1 atom stereocenters. The third kappa shape index (κ3) is 3.71. The number of carbonyl (C=O) groups is 3. The maximum atomic E-state index is 13.3. The summed E-state index contributed by atoms with van der Waals surface area (Å²) in [4.78, 5) is 50.2. The van der Waals surface area contributed by atoms with Gasteiger partial charge in [-0.05, 0) is 49.6 Å². The number of benzene rings is 1. The standard InChI is InChI=1S/C22H21FN6O3S/c1-12-18-19(28-8-7-16(30)11-17(28)31)25-20(21-24-13(2)26-33-21)29(18)10-9-27(12)22(32)14-3-5-15(23)6-4-14/h3-6,12H,7-11H2,1-2H3. The molecule has 2 aromatic heterocycles. The van der Waals surface area contributed by atoms with Crippen LogP contribution in [0.4, 0.5) is 10.2 Å². The Morgan fingerprint density at radius 1 is 1.12 bits per heavy atom. The van der Waals surface area contributed by atoms with Crippen LogP contribution in [0.3, 0.4) is 0 Å². The molecule has 170 valence electrons. The summed E-state index contributed by atoms with van der Waals surface area (Å²) < 4.78 is 19.6. The van der Waals surface area contributed by atoms with Gasteiger partial charge in [-0.3, -0.25) is 19.3 Å². The van der Waals surface area contributed by atoms with Gasteiger partial charge in [-0.2, -0.15) is 4.37 Å². The number of amides is 2. The zero-order chi connectivity index (χ0) is 23.3. The number of hydrogen-bond donors (Lipinski definition) is 0. The SMILES string of the molecule is Cc1nsc(-c2nc(N3CCC(=O)CC3=O)c3n2CCN(C(=O)c2ccc(F)cc2)C3C)n1. The van der Waals surface area contributed by atoms with Crippen LogP contribution in [0.25, 0.3) is 10.8 Å². The summed E-state index contributed by atoms with van der Waals surface area (Å²) in [5.41, 5.74) is 1.10. The first-order valence-corrected chi connectivity index (χ1v) is 11.4. The molecule has 0 aliphatic carbocycles. The molecule has 0 radical (unpaired) electrons. The molecule has 1 unspecified atom stereocenters. The number of imidazole rings is 1. The molecule has 1 aromatic carbocycles. The van der Waals surface area contributed by atoms with Crippen molar-refractivity contribution in [3.63, 3.8) is 0 Å². The molecule has 3 aromatic rings. The van der Waals surface area contributed by atoms with Crippen LogP contribution in [0, 0.1) is 12.7 Å². The van der Waals surface area contributed by atoms with Crippen molar-refractivity contribution in [3.8, 4) is 10.8 Å². The summed E-state index contributed by atoms with van der Waals surface area (Å²) in [7, 11) is 0. The minimum absolute atomic E-state index is 0.0922. The van der Waals surface area contributed by atoms with Crippen LogP contribution in [0.1, 0.15) is 47.7 Å². The number of anilines is 1. The molecule has 0 spiro atoms. The van der Waals surface area contributed by atoms with Gasteiger partial charge in [0.25, 0.3) is 5.91 Å². The number of aromatic nitrogens is 4. The second kappa shape index (κ2) is 8.14. The van der Waals surface area contributed by atoms with E-state index in [2.05, 4.69) is 9.36 Å². The van der Waals surface area contributed by atoms with E-state index in [1.165, 1.54) is 40.7 Å². The Morgan fingerprint density at radius 2 is 1.88 bits per heavy atom. The van der Waals surface area contributed by atoms with E-state index in [0.29, 0.717) is 46.8 Å². The van der Waals surface area contributed by atoms with Gasteiger partial charge in [-0.25, -0.2) is 14.4 Å². The molecular formula is C22H21FN6O3S. The molecule has 33 heavy (non-hydrogen) atoms. The first-order chi connectivity index (χ1) is 15.8. The largest absolute Gasteiger partial charge is 0.328 e. The lowest BCUT2D eigenvalue weighted by Crippen LogP contribution is -2.43. The summed E-state index contributed by atoms with van der Waals surface area (Å²) >= 11 is 1.23. The minimum atomic E-state index is -0.410. The second-order valence-corrected chi connectivity index (χ2v) is 8.89. The topological polar surface area (TPSA) is 101 Å². The average molecular weight is 469 g/mol. The highest BCUT2D eigenvalue weighted by Gasteiger charge is 2.38. The molecule has 1 saturated heterocycles. The lowest BCUT2D eigenvalue weighted by molar-refractivity contribution is -0.128. The number of halogens is 1. The van der Waals surface area contributed by atoms with Crippen molar-refractivity contribution in [1.82, 2.24) is 23.8 Å². The van der Waals surface area contributed by atoms with Crippen molar-refractivity contribution in [1.29, 1.82) is 0 Å². The molecule has 0 saturated carbocycles. The van der Waals surface area contributed by atoms with Gasteiger partial charge in [-0.15, -0.1) is 0 Å². The number of fused-ring (bicyclic) bond motifs is 1. The van der Waals surface area contributed by atoms with Crippen LogP contribution in [-0.2, 0) is 16.1 Å². The highest BCUT2D eigenvalue weighted by atomic mass is 32.1. The monoisotopic (exact) mass is 468 g/mol. The van der Waals surface area contributed by atoms with Gasteiger partial charge >= 0.3 is 0 Å². The van der Waals surface area contributed by atoms with Crippen LogP contribution < -0.4 is 4.90 Å². The zero-order valence-electron chi connectivity index (χ0n) is 18.1. The average Bonchev–Trinajstić information content (AvgIpc) is 3.38. The van der Waals surface area contributed by atoms with E-state index in [1.54, 1.807) is 11.8 Å². The first kappa shape index (κ1) is 21.4. The summed E-state index contributed by atoms with van der Waals surface area (Å²) in [6.45, 7) is 4.79. The van der Waals surface area contributed by atoms with Gasteiger partial charge in [0.15, 0.2) is 16.6 Å². The van der Waals surface area contributed by atoms with Gasteiger partial charge in [0.05, 0.1) is 18.2 Å². The molecule has 0 N–H and O–H groups in total. The van der Waals surface area contributed by atoms with Crippen LogP contribution in [0.2, 0.25) is 0 Å². The Labute approximate surface area is 193 Å². The fourth-order valence-corrected chi connectivity index (χ4v) is 5.03. The fraction of sp³-hybridized carbons (Fsp3) is 0.364. The summed E-state index contributed by atoms with van der Waals surface area (Å²) in [6, 6.07) is 5.04. The Kier molecular flexibility index (Phi) is 5.28.